The Bertz CT molecular complexity index is 331. The van der Waals surface area contributed by atoms with Crippen molar-refractivity contribution >= 4 is 21.7 Å². The van der Waals surface area contributed by atoms with Gasteiger partial charge in [0.05, 0.1) is 0 Å². The zero-order valence-corrected chi connectivity index (χ0v) is 10.9. The van der Waals surface area contributed by atoms with Crippen molar-refractivity contribution in [2.75, 3.05) is 5.33 Å². The molecule has 0 amide bonds. The van der Waals surface area contributed by atoms with Crippen LogP contribution in [0, 0.1) is 0 Å². The van der Waals surface area contributed by atoms with Gasteiger partial charge in [0.1, 0.15) is 0 Å². The summed E-state index contributed by atoms with van der Waals surface area (Å²) in [5, 5.41) is 0.891. The summed E-state index contributed by atoms with van der Waals surface area (Å²) >= 11 is 3.34. The maximum atomic E-state index is 11.8. The number of halogens is 1. The van der Waals surface area contributed by atoms with Gasteiger partial charge in [-0.05, 0) is 24.0 Å². The van der Waals surface area contributed by atoms with Crippen LogP contribution in [0.2, 0.25) is 0 Å². The Hall–Kier alpha value is -0.630. The second kappa shape index (κ2) is 6.06. The van der Waals surface area contributed by atoms with Crippen LogP contribution in [0.1, 0.15) is 48.5 Å². The van der Waals surface area contributed by atoms with Crippen LogP contribution >= 0.6 is 15.9 Å². The lowest BCUT2D eigenvalue weighted by molar-refractivity contribution is 0.0982. The van der Waals surface area contributed by atoms with Gasteiger partial charge in [-0.1, -0.05) is 48.0 Å². The highest BCUT2D eigenvalue weighted by atomic mass is 79.9. The van der Waals surface area contributed by atoms with Gasteiger partial charge in [-0.15, -0.1) is 0 Å². The minimum Gasteiger partial charge on any atom is -0.294 e. The third kappa shape index (κ3) is 3.78. The van der Waals surface area contributed by atoms with Gasteiger partial charge in [0.2, 0.25) is 0 Å². The Morgan fingerprint density at radius 2 is 2.13 bits per heavy atom. The molecule has 2 heteroatoms. The largest absolute Gasteiger partial charge is 0.294 e. The number of rotatable bonds is 5. The smallest absolute Gasteiger partial charge is 0.162 e. The van der Waals surface area contributed by atoms with Gasteiger partial charge >= 0.3 is 0 Å². The molecule has 0 aliphatic rings. The predicted molar refractivity (Wildman–Crippen MR) is 67.9 cm³/mol. The van der Waals surface area contributed by atoms with Crippen molar-refractivity contribution in [2.24, 2.45) is 0 Å². The number of hydrogen-bond acceptors (Lipinski definition) is 1. The molecular formula is C13H17BrO. The van der Waals surface area contributed by atoms with E-state index in [9.17, 15) is 4.79 Å². The van der Waals surface area contributed by atoms with Crippen molar-refractivity contribution in [2.45, 2.75) is 32.6 Å². The number of ketones is 1. The second-order valence-electron chi connectivity index (χ2n) is 4.00. The fourth-order valence-corrected chi connectivity index (χ4v) is 1.72. The summed E-state index contributed by atoms with van der Waals surface area (Å²) in [6, 6.07) is 7.96. The van der Waals surface area contributed by atoms with E-state index in [0.717, 1.165) is 17.3 Å². The Morgan fingerprint density at radius 1 is 1.40 bits per heavy atom. The van der Waals surface area contributed by atoms with Gasteiger partial charge in [-0.3, -0.25) is 4.79 Å². The molecule has 0 unspecified atom stereocenters. The molecule has 0 fully saturated rings. The van der Waals surface area contributed by atoms with Gasteiger partial charge in [0.15, 0.2) is 5.78 Å². The molecule has 0 aromatic heterocycles. The minimum atomic E-state index is 0.247. The lowest BCUT2D eigenvalue weighted by Gasteiger charge is -2.07. The number of alkyl halides is 1. The van der Waals surface area contributed by atoms with E-state index in [1.807, 2.05) is 18.2 Å². The minimum absolute atomic E-state index is 0.247. The van der Waals surface area contributed by atoms with Crippen LogP contribution in [0.5, 0.6) is 0 Å². The molecule has 0 saturated heterocycles. The Labute approximate surface area is 100 Å². The van der Waals surface area contributed by atoms with E-state index < -0.39 is 0 Å². The molecule has 1 nitrogen and oxygen atoms in total. The van der Waals surface area contributed by atoms with Crippen molar-refractivity contribution in [1.29, 1.82) is 0 Å². The monoisotopic (exact) mass is 268 g/mol. The first kappa shape index (κ1) is 12.4. The summed E-state index contributed by atoms with van der Waals surface area (Å²) in [6.45, 7) is 4.28. The predicted octanol–water partition coefficient (Wildman–Crippen LogP) is 4.17. The highest BCUT2D eigenvalue weighted by Gasteiger charge is 2.07. The van der Waals surface area contributed by atoms with E-state index in [1.165, 1.54) is 5.56 Å². The maximum absolute atomic E-state index is 11.8. The molecule has 15 heavy (non-hydrogen) atoms. The normalized spacial score (nSPS) is 10.7. The zero-order valence-electron chi connectivity index (χ0n) is 9.29. The molecule has 0 atom stereocenters. The first-order chi connectivity index (χ1) is 7.15. The summed E-state index contributed by atoms with van der Waals surface area (Å²) in [7, 11) is 0. The summed E-state index contributed by atoms with van der Waals surface area (Å²) < 4.78 is 0. The van der Waals surface area contributed by atoms with Crippen molar-refractivity contribution in [3.05, 3.63) is 35.4 Å². The maximum Gasteiger partial charge on any atom is 0.162 e. The summed E-state index contributed by atoms with van der Waals surface area (Å²) in [6.07, 6.45) is 1.54. The Balaban J connectivity index is 2.76. The van der Waals surface area contributed by atoms with Gasteiger partial charge in [0, 0.05) is 17.3 Å². The second-order valence-corrected chi connectivity index (χ2v) is 4.79. The number of carbonyl (C=O) groups is 1. The van der Waals surface area contributed by atoms with E-state index in [-0.39, 0.29) is 5.78 Å². The van der Waals surface area contributed by atoms with Crippen LogP contribution in [0.4, 0.5) is 0 Å². The molecule has 82 valence electrons. The van der Waals surface area contributed by atoms with E-state index in [0.29, 0.717) is 12.3 Å². The molecule has 1 aromatic rings. The summed E-state index contributed by atoms with van der Waals surface area (Å²) in [5.74, 6) is 0.728. The highest BCUT2D eigenvalue weighted by Crippen LogP contribution is 2.16. The Morgan fingerprint density at radius 3 is 2.73 bits per heavy atom. The molecule has 0 spiro atoms. The van der Waals surface area contributed by atoms with Gasteiger partial charge in [-0.25, -0.2) is 0 Å². The van der Waals surface area contributed by atoms with E-state index in [1.54, 1.807) is 0 Å². The first-order valence-corrected chi connectivity index (χ1v) is 6.46. The molecule has 0 bridgehead atoms. The molecule has 0 radical (unpaired) electrons. The first-order valence-electron chi connectivity index (χ1n) is 5.34. The lowest BCUT2D eigenvalue weighted by Crippen LogP contribution is -2.00. The fourth-order valence-electron chi connectivity index (χ4n) is 1.44. The molecule has 1 aromatic carbocycles. The lowest BCUT2D eigenvalue weighted by atomic mass is 9.98. The molecular weight excluding hydrogens is 252 g/mol. The number of carbonyl (C=O) groups excluding carboxylic acids is 1. The van der Waals surface area contributed by atoms with Crippen LogP contribution in [0.3, 0.4) is 0 Å². The van der Waals surface area contributed by atoms with Crippen molar-refractivity contribution in [3.63, 3.8) is 0 Å². The molecule has 0 aliphatic carbocycles. The van der Waals surface area contributed by atoms with E-state index in [2.05, 4.69) is 35.8 Å². The average Bonchev–Trinajstić information content (AvgIpc) is 2.26. The summed E-state index contributed by atoms with van der Waals surface area (Å²) in [4.78, 5) is 11.8. The highest BCUT2D eigenvalue weighted by molar-refractivity contribution is 9.09. The van der Waals surface area contributed by atoms with Crippen molar-refractivity contribution in [1.82, 2.24) is 0 Å². The number of hydrogen-bond donors (Lipinski definition) is 0. The SMILES string of the molecule is CC(C)c1cccc(C(=O)CCCBr)c1. The Kier molecular flexibility index (Phi) is 5.03. The van der Waals surface area contributed by atoms with Crippen molar-refractivity contribution < 1.29 is 4.79 Å². The van der Waals surface area contributed by atoms with Crippen LogP contribution in [0.25, 0.3) is 0 Å². The van der Waals surface area contributed by atoms with E-state index >= 15 is 0 Å². The van der Waals surface area contributed by atoms with Crippen molar-refractivity contribution in [3.8, 4) is 0 Å². The molecule has 0 N–H and O–H groups in total. The zero-order chi connectivity index (χ0) is 11.3. The number of Topliss-reactive ketones (excluding diaryl/α,β-unsaturated/α-hetero) is 1. The third-order valence-corrected chi connectivity index (χ3v) is 2.97. The molecule has 0 aliphatic heterocycles. The van der Waals surface area contributed by atoms with E-state index in [4.69, 9.17) is 0 Å². The quantitative estimate of drug-likeness (QED) is 0.579. The van der Waals surface area contributed by atoms with Crippen LogP contribution in [-0.2, 0) is 0 Å². The molecule has 1 rings (SSSR count). The third-order valence-electron chi connectivity index (χ3n) is 2.41. The van der Waals surface area contributed by atoms with Gasteiger partial charge in [0.25, 0.3) is 0 Å². The molecule has 0 heterocycles. The van der Waals surface area contributed by atoms with Gasteiger partial charge in [-0.2, -0.15) is 0 Å². The van der Waals surface area contributed by atoms with Gasteiger partial charge < -0.3 is 0 Å². The number of benzene rings is 1. The molecule has 0 saturated carbocycles. The van der Waals surface area contributed by atoms with Crippen LogP contribution in [0.15, 0.2) is 24.3 Å². The average molecular weight is 269 g/mol. The topological polar surface area (TPSA) is 17.1 Å². The standard InChI is InChI=1S/C13H17BrO/c1-10(2)11-5-3-6-12(9-11)13(15)7-4-8-14/h3,5-6,9-10H,4,7-8H2,1-2H3. The van der Waals surface area contributed by atoms with Crippen LogP contribution in [-0.4, -0.2) is 11.1 Å². The summed E-state index contributed by atoms with van der Waals surface area (Å²) in [5.41, 5.74) is 2.09. The van der Waals surface area contributed by atoms with Crippen LogP contribution < -0.4 is 0 Å². The fraction of sp³-hybridized carbons (Fsp3) is 0.462.